The summed E-state index contributed by atoms with van der Waals surface area (Å²) in [4.78, 5) is 36.8. The Labute approximate surface area is 143 Å². The van der Waals surface area contributed by atoms with Gasteiger partial charge in [0.25, 0.3) is 5.91 Å². The number of aryl methyl sites for hydroxylation is 1. The van der Waals surface area contributed by atoms with Crippen molar-refractivity contribution in [3.8, 4) is 0 Å². The molecule has 0 spiro atoms. The number of benzene rings is 1. The number of amides is 2. The Balaban J connectivity index is 1.86. The summed E-state index contributed by atoms with van der Waals surface area (Å²) in [6, 6.07) is 5.52. The van der Waals surface area contributed by atoms with Crippen molar-refractivity contribution in [2.24, 2.45) is 0 Å². The summed E-state index contributed by atoms with van der Waals surface area (Å²) in [5.74, 6) is -1.05. The average Bonchev–Trinajstić information content (AvgIpc) is 2.87. The van der Waals surface area contributed by atoms with Crippen LogP contribution in [0.25, 0.3) is 0 Å². The first kappa shape index (κ1) is 17.5. The van der Waals surface area contributed by atoms with Crippen LogP contribution in [0.15, 0.2) is 22.7 Å². The van der Waals surface area contributed by atoms with Gasteiger partial charge in [0.2, 0.25) is 5.91 Å². The second-order valence-corrected chi connectivity index (χ2v) is 6.38. The molecule has 1 aromatic carbocycles. The Kier molecular flexibility index (Phi) is 5.76. The van der Waals surface area contributed by atoms with Gasteiger partial charge in [-0.1, -0.05) is 6.07 Å². The first-order valence-electron chi connectivity index (χ1n) is 7.41. The van der Waals surface area contributed by atoms with Gasteiger partial charge in [0.1, 0.15) is 6.54 Å². The van der Waals surface area contributed by atoms with Crippen LogP contribution in [0.5, 0.6) is 0 Å². The second-order valence-electron chi connectivity index (χ2n) is 5.52. The van der Waals surface area contributed by atoms with Crippen LogP contribution in [-0.4, -0.2) is 41.9 Å². The number of carbonyl (C=O) groups excluding carboxylic acids is 3. The van der Waals surface area contributed by atoms with E-state index in [0.717, 1.165) is 16.5 Å². The van der Waals surface area contributed by atoms with E-state index in [1.54, 1.807) is 6.07 Å². The summed E-state index contributed by atoms with van der Waals surface area (Å²) in [5, 5.41) is 2.70. The summed E-state index contributed by atoms with van der Waals surface area (Å²) in [7, 11) is 0. The lowest BCUT2D eigenvalue weighted by molar-refractivity contribution is -0.155. The standard InChI is InChI=1S/C16H19BrN2O4/c1-10-5-6-13(12(17)8-10)18-16(22)11(2)23-15(21)9-19-7-3-4-14(19)20/h5-6,8,11H,3-4,7,9H2,1-2H3,(H,18,22)/t11-/m1/s1. The highest BCUT2D eigenvalue weighted by Crippen LogP contribution is 2.23. The Morgan fingerprint density at radius 3 is 2.78 bits per heavy atom. The Morgan fingerprint density at radius 1 is 1.43 bits per heavy atom. The monoisotopic (exact) mass is 382 g/mol. The van der Waals surface area contributed by atoms with Crippen molar-refractivity contribution < 1.29 is 19.1 Å². The molecule has 1 aliphatic heterocycles. The van der Waals surface area contributed by atoms with E-state index in [2.05, 4.69) is 21.2 Å². The Morgan fingerprint density at radius 2 is 2.17 bits per heavy atom. The smallest absolute Gasteiger partial charge is 0.326 e. The fraction of sp³-hybridized carbons (Fsp3) is 0.438. The molecule has 1 heterocycles. The Hall–Kier alpha value is -1.89. The fourth-order valence-corrected chi connectivity index (χ4v) is 2.86. The van der Waals surface area contributed by atoms with Crippen molar-refractivity contribution in [1.82, 2.24) is 4.90 Å². The highest BCUT2D eigenvalue weighted by molar-refractivity contribution is 9.10. The summed E-state index contributed by atoms with van der Waals surface area (Å²) in [6.45, 7) is 3.90. The van der Waals surface area contributed by atoms with E-state index in [1.165, 1.54) is 11.8 Å². The predicted octanol–water partition coefficient (Wildman–Crippen LogP) is 2.25. The van der Waals surface area contributed by atoms with Crippen LogP contribution in [0.1, 0.15) is 25.3 Å². The molecule has 23 heavy (non-hydrogen) atoms. The van der Waals surface area contributed by atoms with Crippen molar-refractivity contribution in [1.29, 1.82) is 0 Å². The first-order valence-corrected chi connectivity index (χ1v) is 8.20. The third kappa shape index (κ3) is 4.79. The van der Waals surface area contributed by atoms with E-state index in [9.17, 15) is 14.4 Å². The van der Waals surface area contributed by atoms with E-state index < -0.39 is 18.0 Å². The van der Waals surface area contributed by atoms with Crippen LogP contribution < -0.4 is 5.32 Å². The van der Waals surface area contributed by atoms with Crippen molar-refractivity contribution in [2.45, 2.75) is 32.8 Å². The second kappa shape index (κ2) is 7.59. The molecule has 2 amide bonds. The van der Waals surface area contributed by atoms with Gasteiger partial charge in [-0.3, -0.25) is 14.4 Å². The number of halogens is 1. The number of nitrogens with one attached hydrogen (secondary N) is 1. The van der Waals surface area contributed by atoms with Crippen molar-refractivity contribution >= 4 is 39.4 Å². The molecular formula is C16H19BrN2O4. The minimum Gasteiger partial charge on any atom is -0.451 e. The van der Waals surface area contributed by atoms with Crippen LogP contribution in [0.3, 0.4) is 0 Å². The number of ether oxygens (including phenoxy) is 1. The van der Waals surface area contributed by atoms with Gasteiger partial charge in [0.15, 0.2) is 6.10 Å². The molecule has 0 aromatic heterocycles. The van der Waals surface area contributed by atoms with E-state index in [-0.39, 0.29) is 12.5 Å². The number of esters is 1. The molecule has 6 nitrogen and oxygen atoms in total. The topological polar surface area (TPSA) is 75.7 Å². The Bertz CT molecular complexity index is 633. The van der Waals surface area contributed by atoms with E-state index >= 15 is 0 Å². The zero-order valence-corrected chi connectivity index (χ0v) is 14.7. The molecule has 0 bridgehead atoms. The van der Waals surface area contributed by atoms with E-state index in [1.807, 2.05) is 19.1 Å². The lowest BCUT2D eigenvalue weighted by atomic mass is 10.2. The summed E-state index contributed by atoms with van der Waals surface area (Å²) < 4.78 is 5.85. The largest absolute Gasteiger partial charge is 0.451 e. The zero-order chi connectivity index (χ0) is 17.0. The van der Waals surface area contributed by atoms with Crippen LogP contribution in [0.4, 0.5) is 5.69 Å². The maximum Gasteiger partial charge on any atom is 0.326 e. The number of rotatable bonds is 5. The highest BCUT2D eigenvalue weighted by Gasteiger charge is 2.25. The van der Waals surface area contributed by atoms with Gasteiger partial charge < -0.3 is 15.0 Å². The molecule has 124 valence electrons. The minimum atomic E-state index is -0.937. The average molecular weight is 383 g/mol. The lowest BCUT2D eigenvalue weighted by Crippen LogP contribution is -2.36. The number of nitrogens with zero attached hydrogens (tertiary/aromatic N) is 1. The quantitative estimate of drug-likeness (QED) is 0.792. The molecule has 0 radical (unpaired) electrons. The van der Waals surface area contributed by atoms with Gasteiger partial charge in [0, 0.05) is 17.4 Å². The molecule has 1 atom stereocenters. The zero-order valence-electron chi connectivity index (χ0n) is 13.1. The molecule has 1 N–H and O–H groups in total. The molecule has 1 fully saturated rings. The van der Waals surface area contributed by atoms with Gasteiger partial charge in [-0.25, -0.2) is 0 Å². The van der Waals surface area contributed by atoms with Crippen LogP contribution in [0.2, 0.25) is 0 Å². The molecule has 1 aromatic rings. The maximum atomic E-state index is 12.1. The van der Waals surface area contributed by atoms with Crippen LogP contribution in [0, 0.1) is 6.92 Å². The molecule has 0 saturated carbocycles. The fourth-order valence-electron chi connectivity index (χ4n) is 2.27. The minimum absolute atomic E-state index is 0.0531. The van der Waals surface area contributed by atoms with Gasteiger partial charge in [-0.2, -0.15) is 0 Å². The molecule has 2 rings (SSSR count). The van der Waals surface area contributed by atoms with Crippen molar-refractivity contribution in [3.63, 3.8) is 0 Å². The molecule has 0 aliphatic carbocycles. The van der Waals surface area contributed by atoms with Gasteiger partial charge in [-0.05, 0) is 53.9 Å². The third-order valence-electron chi connectivity index (χ3n) is 3.55. The van der Waals surface area contributed by atoms with Gasteiger partial charge >= 0.3 is 5.97 Å². The van der Waals surface area contributed by atoms with Crippen LogP contribution >= 0.6 is 15.9 Å². The third-order valence-corrected chi connectivity index (χ3v) is 4.21. The molecular weight excluding hydrogens is 364 g/mol. The summed E-state index contributed by atoms with van der Waals surface area (Å²) >= 11 is 3.37. The van der Waals surface area contributed by atoms with Crippen LogP contribution in [-0.2, 0) is 19.1 Å². The molecule has 0 unspecified atom stereocenters. The molecule has 7 heteroatoms. The summed E-state index contributed by atoms with van der Waals surface area (Å²) in [6.07, 6.45) is 0.280. The molecule has 1 saturated heterocycles. The summed E-state index contributed by atoms with van der Waals surface area (Å²) in [5.41, 5.74) is 1.67. The number of anilines is 1. The first-order chi connectivity index (χ1) is 10.9. The SMILES string of the molecule is Cc1ccc(NC(=O)[C@@H](C)OC(=O)CN2CCCC2=O)c(Br)c1. The van der Waals surface area contributed by atoms with Gasteiger partial charge in [0.05, 0.1) is 5.69 Å². The number of hydrogen-bond acceptors (Lipinski definition) is 4. The number of hydrogen-bond donors (Lipinski definition) is 1. The predicted molar refractivity (Wildman–Crippen MR) is 88.9 cm³/mol. The number of likely N-dealkylation sites (tertiary alicyclic amines) is 1. The normalized spacial score (nSPS) is 15.4. The van der Waals surface area contributed by atoms with E-state index in [4.69, 9.17) is 4.74 Å². The number of carbonyl (C=O) groups is 3. The highest BCUT2D eigenvalue weighted by atomic mass is 79.9. The van der Waals surface area contributed by atoms with Crippen molar-refractivity contribution in [3.05, 3.63) is 28.2 Å². The maximum absolute atomic E-state index is 12.1. The van der Waals surface area contributed by atoms with Gasteiger partial charge in [-0.15, -0.1) is 0 Å². The van der Waals surface area contributed by atoms with Crippen molar-refractivity contribution in [2.75, 3.05) is 18.4 Å². The molecule has 1 aliphatic rings. The van der Waals surface area contributed by atoms with E-state index in [0.29, 0.717) is 18.7 Å². The lowest BCUT2D eigenvalue weighted by Gasteiger charge is -2.18.